The maximum Gasteiger partial charge on any atom is 0.350 e. The summed E-state index contributed by atoms with van der Waals surface area (Å²) < 4.78 is 17.7. The van der Waals surface area contributed by atoms with Gasteiger partial charge in [-0.25, -0.2) is 4.79 Å². The molecule has 2 fully saturated rings. The van der Waals surface area contributed by atoms with Gasteiger partial charge in [-0.1, -0.05) is 6.92 Å². The SMILES string of the molecule is CCOC1(OC)CCC(N(C(=O)C2CCC(C)CC2)c2cc(I)sc2C(=O)OC)CC1. The van der Waals surface area contributed by atoms with E-state index in [2.05, 4.69) is 29.5 Å². The van der Waals surface area contributed by atoms with Gasteiger partial charge in [0.25, 0.3) is 0 Å². The Morgan fingerprint density at radius 1 is 1.16 bits per heavy atom. The molecule has 0 N–H and O–H groups in total. The van der Waals surface area contributed by atoms with E-state index in [4.69, 9.17) is 14.2 Å². The van der Waals surface area contributed by atoms with Crippen molar-refractivity contribution < 1.29 is 23.8 Å². The van der Waals surface area contributed by atoms with Crippen molar-refractivity contribution in [1.29, 1.82) is 0 Å². The molecule has 0 saturated heterocycles. The molecule has 2 aliphatic rings. The van der Waals surface area contributed by atoms with Crippen LogP contribution in [0.4, 0.5) is 5.69 Å². The number of hydrogen-bond donors (Lipinski definition) is 0. The van der Waals surface area contributed by atoms with E-state index in [1.165, 1.54) is 18.4 Å². The maximum absolute atomic E-state index is 13.8. The predicted molar refractivity (Wildman–Crippen MR) is 131 cm³/mol. The van der Waals surface area contributed by atoms with E-state index in [-0.39, 0.29) is 23.8 Å². The van der Waals surface area contributed by atoms with Crippen LogP contribution in [0, 0.1) is 14.7 Å². The van der Waals surface area contributed by atoms with Crippen LogP contribution in [0.3, 0.4) is 0 Å². The zero-order chi connectivity index (χ0) is 22.6. The Kier molecular flexibility index (Phi) is 8.80. The molecule has 2 saturated carbocycles. The van der Waals surface area contributed by atoms with Crippen LogP contribution in [0.1, 0.15) is 74.9 Å². The number of nitrogens with zero attached hydrogens (tertiary/aromatic N) is 1. The number of carbonyl (C=O) groups excluding carboxylic acids is 2. The fourth-order valence-electron chi connectivity index (χ4n) is 4.94. The van der Waals surface area contributed by atoms with Crippen LogP contribution in [0.15, 0.2) is 6.07 Å². The molecule has 3 rings (SSSR count). The molecule has 0 atom stereocenters. The van der Waals surface area contributed by atoms with Crippen LogP contribution in [-0.2, 0) is 19.0 Å². The number of thiophene rings is 1. The second-order valence-corrected chi connectivity index (χ2v) is 11.6. The van der Waals surface area contributed by atoms with Crippen molar-refractivity contribution in [2.45, 2.75) is 77.0 Å². The molecule has 1 heterocycles. The van der Waals surface area contributed by atoms with Crippen molar-refractivity contribution in [3.63, 3.8) is 0 Å². The van der Waals surface area contributed by atoms with Crippen LogP contribution in [0.5, 0.6) is 0 Å². The van der Waals surface area contributed by atoms with Gasteiger partial charge in [-0.2, -0.15) is 0 Å². The summed E-state index contributed by atoms with van der Waals surface area (Å²) in [6.45, 7) is 4.83. The van der Waals surface area contributed by atoms with E-state index < -0.39 is 5.79 Å². The molecule has 1 aromatic heterocycles. The Balaban J connectivity index is 1.91. The Morgan fingerprint density at radius 2 is 1.81 bits per heavy atom. The van der Waals surface area contributed by atoms with Gasteiger partial charge in [-0.3, -0.25) is 4.79 Å². The molecule has 0 aromatic carbocycles. The van der Waals surface area contributed by atoms with Crippen LogP contribution in [0.25, 0.3) is 0 Å². The zero-order valence-corrected chi connectivity index (χ0v) is 21.9. The lowest BCUT2D eigenvalue weighted by molar-refractivity contribution is -0.237. The molecule has 2 aliphatic carbocycles. The molecular formula is C23H34INO5S. The summed E-state index contributed by atoms with van der Waals surface area (Å²) in [6, 6.07) is 1.98. The summed E-state index contributed by atoms with van der Waals surface area (Å²) in [7, 11) is 3.09. The molecule has 31 heavy (non-hydrogen) atoms. The summed E-state index contributed by atoms with van der Waals surface area (Å²) in [4.78, 5) is 28.8. The number of methoxy groups -OCH3 is 2. The zero-order valence-electron chi connectivity index (χ0n) is 18.9. The number of anilines is 1. The van der Waals surface area contributed by atoms with E-state index in [1.807, 2.05) is 17.9 Å². The smallest absolute Gasteiger partial charge is 0.350 e. The van der Waals surface area contributed by atoms with Gasteiger partial charge in [0, 0.05) is 38.5 Å². The number of amides is 1. The molecule has 1 amide bonds. The van der Waals surface area contributed by atoms with E-state index >= 15 is 0 Å². The first-order valence-corrected chi connectivity index (χ1v) is 13.1. The lowest BCUT2D eigenvalue weighted by Crippen LogP contribution is -2.50. The first kappa shape index (κ1) is 24.9. The summed E-state index contributed by atoms with van der Waals surface area (Å²) in [6.07, 6.45) is 6.99. The van der Waals surface area contributed by atoms with Gasteiger partial charge < -0.3 is 19.1 Å². The Bertz CT molecular complexity index is 766. The third-order valence-corrected chi connectivity index (χ3v) is 8.64. The molecule has 6 nitrogen and oxygen atoms in total. The highest BCUT2D eigenvalue weighted by Gasteiger charge is 2.42. The minimum absolute atomic E-state index is 0.0141. The van der Waals surface area contributed by atoms with Gasteiger partial charge in [-0.05, 0) is 80.0 Å². The average molecular weight is 563 g/mol. The number of rotatable bonds is 7. The molecule has 8 heteroatoms. The van der Waals surface area contributed by atoms with Crippen molar-refractivity contribution in [2.24, 2.45) is 11.8 Å². The minimum Gasteiger partial charge on any atom is -0.465 e. The first-order valence-electron chi connectivity index (χ1n) is 11.2. The van der Waals surface area contributed by atoms with Crippen molar-refractivity contribution >= 4 is 51.5 Å². The van der Waals surface area contributed by atoms with Crippen LogP contribution in [-0.4, -0.2) is 44.5 Å². The third-order valence-electron chi connectivity index (χ3n) is 6.78. The van der Waals surface area contributed by atoms with Crippen molar-refractivity contribution in [3.8, 4) is 0 Å². The quantitative estimate of drug-likeness (QED) is 0.245. The fraction of sp³-hybridized carbons (Fsp3) is 0.739. The summed E-state index contributed by atoms with van der Waals surface area (Å²) in [5.41, 5.74) is 0.705. The van der Waals surface area contributed by atoms with Crippen molar-refractivity contribution in [3.05, 3.63) is 13.8 Å². The highest BCUT2D eigenvalue weighted by molar-refractivity contribution is 14.1. The van der Waals surface area contributed by atoms with Gasteiger partial charge >= 0.3 is 5.97 Å². The normalized spacial score (nSPS) is 28.9. The summed E-state index contributed by atoms with van der Waals surface area (Å²) in [5, 5.41) is 0. The van der Waals surface area contributed by atoms with E-state index in [9.17, 15) is 9.59 Å². The second kappa shape index (κ2) is 10.9. The molecule has 0 unspecified atom stereocenters. The minimum atomic E-state index is -0.575. The Morgan fingerprint density at radius 3 is 2.35 bits per heavy atom. The van der Waals surface area contributed by atoms with Gasteiger partial charge in [0.05, 0.1) is 15.7 Å². The number of ether oxygens (including phenoxy) is 3. The standard InChI is InChI=1S/C23H34INO5S/c1-5-30-23(29-4)12-10-17(11-13-23)25(21(26)16-8-6-15(2)7-9-16)18-14-19(24)31-20(18)22(27)28-3/h14-17H,5-13H2,1-4H3. The Hall–Kier alpha value is -0.710. The molecule has 0 aliphatic heterocycles. The number of esters is 1. The maximum atomic E-state index is 13.8. The van der Waals surface area contributed by atoms with E-state index in [1.54, 1.807) is 7.11 Å². The highest BCUT2D eigenvalue weighted by Crippen LogP contribution is 2.41. The molecule has 0 spiro atoms. The Labute approximate surface area is 203 Å². The lowest BCUT2D eigenvalue weighted by atomic mass is 9.81. The average Bonchev–Trinajstić information content (AvgIpc) is 3.16. The van der Waals surface area contributed by atoms with Crippen LogP contribution in [0.2, 0.25) is 0 Å². The number of carbonyl (C=O) groups is 2. The molecule has 0 radical (unpaired) electrons. The number of halogens is 1. The summed E-state index contributed by atoms with van der Waals surface area (Å²) in [5.74, 6) is -0.116. The number of hydrogen-bond acceptors (Lipinski definition) is 6. The van der Waals surface area contributed by atoms with Gasteiger partial charge in [0.15, 0.2) is 5.79 Å². The lowest BCUT2D eigenvalue weighted by Gasteiger charge is -2.43. The van der Waals surface area contributed by atoms with Crippen molar-refractivity contribution in [2.75, 3.05) is 25.7 Å². The van der Waals surface area contributed by atoms with Crippen LogP contribution < -0.4 is 4.90 Å². The summed E-state index contributed by atoms with van der Waals surface area (Å²) >= 11 is 3.60. The van der Waals surface area contributed by atoms with E-state index in [0.29, 0.717) is 23.1 Å². The molecule has 0 bridgehead atoms. The molecular weight excluding hydrogens is 529 g/mol. The monoisotopic (exact) mass is 563 g/mol. The van der Waals surface area contributed by atoms with Gasteiger partial charge in [0.1, 0.15) is 4.88 Å². The van der Waals surface area contributed by atoms with Gasteiger partial charge in [-0.15, -0.1) is 11.3 Å². The molecule has 174 valence electrons. The molecule has 1 aromatic rings. The van der Waals surface area contributed by atoms with E-state index in [0.717, 1.165) is 54.3 Å². The first-order chi connectivity index (χ1) is 14.8. The predicted octanol–water partition coefficient (Wildman–Crippen LogP) is 5.62. The van der Waals surface area contributed by atoms with Crippen molar-refractivity contribution in [1.82, 2.24) is 0 Å². The highest BCUT2D eigenvalue weighted by atomic mass is 127. The largest absolute Gasteiger partial charge is 0.465 e. The third kappa shape index (κ3) is 5.62. The topological polar surface area (TPSA) is 65.1 Å². The second-order valence-electron chi connectivity index (χ2n) is 8.70. The van der Waals surface area contributed by atoms with Gasteiger partial charge in [0.2, 0.25) is 5.91 Å². The fourth-order valence-corrected chi connectivity index (χ4v) is 6.69. The van der Waals surface area contributed by atoms with Crippen LogP contribution >= 0.6 is 33.9 Å².